The van der Waals surface area contributed by atoms with E-state index in [4.69, 9.17) is 0 Å². The number of hydrogen-bond acceptors (Lipinski definition) is 3. The van der Waals surface area contributed by atoms with Crippen LogP contribution >= 0.6 is 0 Å². The van der Waals surface area contributed by atoms with Crippen molar-refractivity contribution in [2.75, 3.05) is 5.32 Å². The number of rotatable bonds is 4. The van der Waals surface area contributed by atoms with Gasteiger partial charge in [-0.2, -0.15) is 0 Å². The molecule has 1 aliphatic rings. The van der Waals surface area contributed by atoms with Crippen molar-refractivity contribution in [2.45, 2.75) is 45.3 Å². The monoisotopic (exact) mass is 206 g/mol. The van der Waals surface area contributed by atoms with Gasteiger partial charge in [0.05, 0.1) is 6.10 Å². The van der Waals surface area contributed by atoms with Gasteiger partial charge in [0, 0.05) is 17.8 Å². The summed E-state index contributed by atoms with van der Waals surface area (Å²) in [6.07, 6.45) is 4.64. The number of anilines is 1. The summed E-state index contributed by atoms with van der Waals surface area (Å²) in [5.41, 5.74) is 2.06. The molecule has 1 fully saturated rings. The van der Waals surface area contributed by atoms with Gasteiger partial charge in [-0.3, -0.25) is 0 Å². The van der Waals surface area contributed by atoms with Crippen molar-refractivity contribution in [3.05, 3.63) is 23.4 Å². The van der Waals surface area contributed by atoms with E-state index >= 15 is 0 Å². The minimum absolute atomic E-state index is 0.382. The Labute approximate surface area is 90.5 Å². The highest BCUT2D eigenvalue weighted by molar-refractivity contribution is 5.42. The molecule has 1 aliphatic carbocycles. The number of aliphatic hydroxyl groups excluding tert-OH is 1. The first-order valence-electron chi connectivity index (χ1n) is 5.62. The highest BCUT2D eigenvalue weighted by atomic mass is 16.3. The molecule has 0 saturated heterocycles. The van der Waals surface area contributed by atoms with Gasteiger partial charge in [0.2, 0.25) is 0 Å². The Morgan fingerprint density at radius 1 is 1.60 bits per heavy atom. The van der Waals surface area contributed by atoms with E-state index in [2.05, 4.69) is 10.3 Å². The third kappa shape index (κ3) is 2.48. The molecule has 1 aromatic rings. The molecule has 0 bridgehead atoms. The lowest BCUT2D eigenvalue weighted by atomic mass is 10.0. The third-order valence-electron chi connectivity index (χ3n) is 2.83. The smallest absolute Gasteiger partial charge is 0.126 e. The average molecular weight is 206 g/mol. The summed E-state index contributed by atoms with van der Waals surface area (Å²) in [6.45, 7) is 3.99. The van der Waals surface area contributed by atoms with Gasteiger partial charge < -0.3 is 10.4 Å². The standard InChI is InChI=1S/C12H18N2O/c1-3-11(15)10-7-13-12(6-8(10)2)14-9-4-5-9/h6-7,9,11,15H,3-5H2,1-2H3,(H,13,14)/t11-/m0/s1. The molecule has 1 heterocycles. The van der Waals surface area contributed by atoms with Crippen LogP contribution in [0.1, 0.15) is 43.4 Å². The van der Waals surface area contributed by atoms with Crippen LogP contribution in [0.4, 0.5) is 5.82 Å². The molecule has 15 heavy (non-hydrogen) atoms. The molecule has 1 atom stereocenters. The van der Waals surface area contributed by atoms with Crippen molar-refractivity contribution >= 4 is 5.82 Å². The molecular weight excluding hydrogens is 188 g/mol. The summed E-state index contributed by atoms with van der Waals surface area (Å²) in [4.78, 5) is 4.32. The lowest BCUT2D eigenvalue weighted by molar-refractivity contribution is 0.172. The first-order valence-corrected chi connectivity index (χ1v) is 5.62. The highest BCUT2D eigenvalue weighted by Gasteiger charge is 2.21. The van der Waals surface area contributed by atoms with Gasteiger partial charge in [-0.15, -0.1) is 0 Å². The topological polar surface area (TPSA) is 45.2 Å². The number of nitrogens with zero attached hydrogens (tertiary/aromatic N) is 1. The van der Waals surface area contributed by atoms with E-state index in [1.165, 1.54) is 12.8 Å². The van der Waals surface area contributed by atoms with Gasteiger partial charge in [0.1, 0.15) is 5.82 Å². The van der Waals surface area contributed by atoms with E-state index in [9.17, 15) is 5.11 Å². The second-order valence-electron chi connectivity index (χ2n) is 4.27. The second kappa shape index (κ2) is 4.19. The molecule has 1 aromatic heterocycles. The van der Waals surface area contributed by atoms with Crippen LogP contribution in [0.25, 0.3) is 0 Å². The largest absolute Gasteiger partial charge is 0.388 e. The van der Waals surface area contributed by atoms with Crippen LogP contribution in [0.15, 0.2) is 12.3 Å². The molecule has 0 aromatic carbocycles. The maximum absolute atomic E-state index is 9.73. The van der Waals surface area contributed by atoms with Gasteiger partial charge in [-0.25, -0.2) is 4.98 Å². The van der Waals surface area contributed by atoms with Gasteiger partial charge in [-0.1, -0.05) is 6.92 Å². The van der Waals surface area contributed by atoms with Gasteiger partial charge in [0.25, 0.3) is 0 Å². The van der Waals surface area contributed by atoms with Crippen LogP contribution in [0, 0.1) is 6.92 Å². The molecule has 0 spiro atoms. The molecule has 0 aliphatic heterocycles. The van der Waals surface area contributed by atoms with Crippen LogP contribution in [0.5, 0.6) is 0 Å². The lowest BCUT2D eigenvalue weighted by Gasteiger charge is -2.12. The summed E-state index contributed by atoms with van der Waals surface area (Å²) in [5, 5.41) is 13.1. The zero-order valence-corrected chi connectivity index (χ0v) is 9.33. The molecule has 2 N–H and O–H groups in total. The van der Waals surface area contributed by atoms with E-state index in [0.29, 0.717) is 6.04 Å². The van der Waals surface area contributed by atoms with Crippen molar-refractivity contribution < 1.29 is 5.11 Å². The van der Waals surface area contributed by atoms with Crippen LogP contribution in [0.3, 0.4) is 0 Å². The maximum atomic E-state index is 9.73. The van der Waals surface area contributed by atoms with E-state index in [1.54, 1.807) is 6.20 Å². The molecule has 0 amide bonds. The van der Waals surface area contributed by atoms with E-state index in [0.717, 1.165) is 23.4 Å². The van der Waals surface area contributed by atoms with Gasteiger partial charge in [-0.05, 0) is 37.8 Å². The molecular formula is C12H18N2O. The highest BCUT2D eigenvalue weighted by Crippen LogP contribution is 2.26. The first kappa shape index (κ1) is 10.4. The average Bonchev–Trinajstić information content (AvgIpc) is 3.01. The fraction of sp³-hybridized carbons (Fsp3) is 0.583. The van der Waals surface area contributed by atoms with Crippen molar-refractivity contribution in [1.29, 1.82) is 0 Å². The van der Waals surface area contributed by atoms with Crippen molar-refractivity contribution in [3.63, 3.8) is 0 Å². The summed E-state index contributed by atoms with van der Waals surface area (Å²) >= 11 is 0. The predicted octanol–water partition coefficient (Wildman–Crippen LogP) is 2.41. The maximum Gasteiger partial charge on any atom is 0.126 e. The number of aromatic nitrogens is 1. The summed E-state index contributed by atoms with van der Waals surface area (Å²) < 4.78 is 0. The molecule has 1 saturated carbocycles. The van der Waals surface area contributed by atoms with Crippen molar-refractivity contribution in [2.24, 2.45) is 0 Å². The Morgan fingerprint density at radius 3 is 2.87 bits per heavy atom. The number of nitrogens with one attached hydrogen (secondary N) is 1. The summed E-state index contributed by atoms with van der Waals surface area (Å²) in [5.74, 6) is 0.932. The van der Waals surface area contributed by atoms with Gasteiger partial charge >= 0.3 is 0 Å². The Hall–Kier alpha value is -1.09. The minimum Gasteiger partial charge on any atom is -0.388 e. The van der Waals surface area contributed by atoms with Crippen LogP contribution in [0.2, 0.25) is 0 Å². The zero-order chi connectivity index (χ0) is 10.8. The van der Waals surface area contributed by atoms with Gasteiger partial charge in [0.15, 0.2) is 0 Å². The zero-order valence-electron chi connectivity index (χ0n) is 9.33. The molecule has 0 radical (unpaired) electrons. The van der Waals surface area contributed by atoms with E-state index < -0.39 is 0 Å². The Morgan fingerprint density at radius 2 is 2.33 bits per heavy atom. The van der Waals surface area contributed by atoms with Crippen LogP contribution < -0.4 is 5.32 Å². The number of aryl methyl sites for hydroxylation is 1. The molecule has 3 nitrogen and oxygen atoms in total. The summed E-state index contributed by atoms with van der Waals surface area (Å²) in [6, 6.07) is 2.64. The quantitative estimate of drug-likeness (QED) is 0.795. The third-order valence-corrected chi connectivity index (χ3v) is 2.83. The van der Waals surface area contributed by atoms with E-state index in [-0.39, 0.29) is 6.10 Å². The summed E-state index contributed by atoms with van der Waals surface area (Å²) in [7, 11) is 0. The number of aliphatic hydroxyl groups is 1. The lowest BCUT2D eigenvalue weighted by Crippen LogP contribution is -2.05. The normalized spacial score (nSPS) is 17.5. The molecule has 2 rings (SSSR count). The predicted molar refractivity (Wildman–Crippen MR) is 60.9 cm³/mol. The fourth-order valence-corrected chi connectivity index (χ4v) is 1.65. The first-order chi connectivity index (χ1) is 7.20. The molecule has 82 valence electrons. The Bertz CT molecular complexity index is 347. The van der Waals surface area contributed by atoms with Crippen molar-refractivity contribution in [3.8, 4) is 0 Å². The fourth-order valence-electron chi connectivity index (χ4n) is 1.65. The number of hydrogen-bond donors (Lipinski definition) is 2. The second-order valence-corrected chi connectivity index (χ2v) is 4.27. The molecule has 0 unspecified atom stereocenters. The minimum atomic E-state index is -0.382. The van der Waals surface area contributed by atoms with Crippen LogP contribution in [-0.4, -0.2) is 16.1 Å². The SMILES string of the molecule is CC[C@H](O)c1cnc(NC2CC2)cc1C. The number of pyridine rings is 1. The molecule has 3 heteroatoms. The Kier molecular flexibility index (Phi) is 2.91. The Balaban J connectivity index is 2.13. The van der Waals surface area contributed by atoms with E-state index in [1.807, 2.05) is 19.9 Å². The van der Waals surface area contributed by atoms with Crippen LogP contribution in [-0.2, 0) is 0 Å². The van der Waals surface area contributed by atoms with Crippen molar-refractivity contribution in [1.82, 2.24) is 4.98 Å².